The number of likely N-dealkylation sites (tertiary alicyclic amines) is 1. The van der Waals surface area contributed by atoms with E-state index in [0.717, 1.165) is 32.7 Å². The van der Waals surface area contributed by atoms with Gasteiger partial charge in [-0.3, -0.25) is 9.69 Å². The molecule has 1 heterocycles. The summed E-state index contributed by atoms with van der Waals surface area (Å²) < 4.78 is 5.07. The molecule has 1 aliphatic heterocycles. The summed E-state index contributed by atoms with van der Waals surface area (Å²) in [5.41, 5.74) is 5.32. The van der Waals surface area contributed by atoms with E-state index in [1.807, 2.05) is 0 Å². The van der Waals surface area contributed by atoms with E-state index in [0.29, 0.717) is 19.0 Å². The number of hydrogen-bond donors (Lipinski definition) is 2. The van der Waals surface area contributed by atoms with Crippen molar-refractivity contribution in [2.75, 3.05) is 39.9 Å². The van der Waals surface area contributed by atoms with Crippen LogP contribution in [0.1, 0.15) is 19.3 Å². The Morgan fingerprint density at radius 1 is 1.62 bits per heavy atom. The van der Waals surface area contributed by atoms with Crippen LogP contribution in [0.3, 0.4) is 0 Å². The molecule has 1 atom stereocenters. The SMILES string of the molecule is COCCN1CCCC1CNC(=O)CCN. The predicted octanol–water partition coefficient (Wildman–Crippen LogP) is -0.438. The molecular weight excluding hydrogens is 206 g/mol. The van der Waals surface area contributed by atoms with E-state index in [-0.39, 0.29) is 5.91 Å². The third-order valence-corrected chi connectivity index (χ3v) is 2.99. The quantitative estimate of drug-likeness (QED) is 0.621. The van der Waals surface area contributed by atoms with Crippen molar-refractivity contribution in [3.05, 3.63) is 0 Å². The molecule has 16 heavy (non-hydrogen) atoms. The molecule has 1 aliphatic rings. The minimum Gasteiger partial charge on any atom is -0.383 e. The Kier molecular flexibility index (Phi) is 6.37. The van der Waals surface area contributed by atoms with E-state index in [1.54, 1.807) is 7.11 Å². The van der Waals surface area contributed by atoms with Crippen LogP contribution in [0.25, 0.3) is 0 Å². The Hall–Kier alpha value is -0.650. The molecule has 5 nitrogen and oxygen atoms in total. The molecule has 1 amide bonds. The average molecular weight is 229 g/mol. The first-order chi connectivity index (χ1) is 7.77. The first-order valence-electron chi connectivity index (χ1n) is 5.97. The Bertz CT molecular complexity index is 211. The summed E-state index contributed by atoms with van der Waals surface area (Å²) in [5.74, 6) is 0.0566. The van der Waals surface area contributed by atoms with Crippen LogP contribution in [-0.4, -0.2) is 56.7 Å². The number of nitrogens with two attached hydrogens (primary N) is 1. The Labute approximate surface area is 97.3 Å². The standard InChI is InChI=1S/C11H23N3O2/c1-16-8-7-14-6-2-3-10(14)9-13-11(15)4-5-12/h10H,2-9,12H2,1H3,(H,13,15). The van der Waals surface area contributed by atoms with Gasteiger partial charge in [-0.1, -0.05) is 0 Å². The van der Waals surface area contributed by atoms with Gasteiger partial charge in [0, 0.05) is 39.2 Å². The summed E-state index contributed by atoms with van der Waals surface area (Å²) in [6.45, 7) is 3.98. The third-order valence-electron chi connectivity index (χ3n) is 2.99. The van der Waals surface area contributed by atoms with Crippen LogP contribution >= 0.6 is 0 Å². The fourth-order valence-electron chi connectivity index (χ4n) is 2.08. The van der Waals surface area contributed by atoms with Crippen LogP contribution in [0.15, 0.2) is 0 Å². The summed E-state index contributed by atoms with van der Waals surface area (Å²) in [4.78, 5) is 13.7. The molecule has 94 valence electrons. The fourth-order valence-corrected chi connectivity index (χ4v) is 2.08. The lowest BCUT2D eigenvalue weighted by Gasteiger charge is -2.24. The molecule has 0 aromatic heterocycles. The molecule has 0 bridgehead atoms. The number of hydrogen-bond acceptors (Lipinski definition) is 4. The normalized spacial score (nSPS) is 21.2. The largest absolute Gasteiger partial charge is 0.383 e. The van der Waals surface area contributed by atoms with Crippen LogP contribution < -0.4 is 11.1 Å². The molecule has 5 heteroatoms. The number of methoxy groups -OCH3 is 1. The van der Waals surface area contributed by atoms with E-state index in [1.165, 1.54) is 6.42 Å². The van der Waals surface area contributed by atoms with Gasteiger partial charge in [-0.05, 0) is 19.4 Å². The molecule has 0 aromatic carbocycles. The van der Waals surface area contributed by atoms with Crippen molar-refractivity contribution >= 4 is 5.91 Å². The maximum Gasteiger partial charge on any atom is 0.221 e. The molecule has 0 spiro atoms. The second-order valence-electron chi connectivity index (χ2n) is 4.17. The Morgan fingerprint density at radius 3 is 3.12 bits per heavy atom. The van der Waals surface area contributed by atoms with Gasteiger partial charge in [-0.15, -0.1) is 0 Å². The number of ether oxygens (including phenoxy) is 1. The maximum absolute atomic E-state index is 11.3. The van der Waals surface area contributed by atoms with E-state index >= 15 is 0 Å². The molecule has 3 N–H and O–H groups in total. The summed E-state index contributed by atoms with van der Waals surface area (Å²) in [5, 5.41) is 2.93. The van der Waals surface area contributed by atoms with Crippen LogP contribution in [0, 0.1) is 0 Å². The molecule has 1 saturated heterocycles. The van der Waals surface area contributed by atoms with Gasteiger partial charge >= 0.3 is 0 Å². The minimum atomic E-state index is 0.0566. The minimum absolute atomic E-state index is 0.0566. The average Bonchev–Trinajstić information content (AvgIpc) is 2.71. The van der Waals surface area contributed by atoms with Crippen molar-refractivity contribution in [3.63, 3.8) is 0 Å². The summed E-state index contributed by atoms with van der Waals surface area (Å²) >= 11 is 0. The van der Waals surface area contributed by atoms with Crippen molar-refractivity contribution < 1.29 is 9.53 Å². The molecule has 0 radical (unpaired) electrons. The fraction of sp³-hybridized carbons (Fsp3) is 0.909. The highest BCUT2D eigenvalue weighted by molar-refractivity contribution is 5.76. The predicted molar refractivity (Wildman–Crippen MR) is 63.2 cm³/mol. The van der Waals surface area contributed by atoms with Crippen LogP contribution in [0.5, 0.6) is 0 Å². The highest BCUT2D eigenvalue weighted by Gasteiger charge is 2.23. The Morgan fingerprint density at radius 2 is 2.44 bits per heavy atom. The number of nitrogens with zero attached hydrogens (tertiary/aromatic N) is 1. The number of rotatable bonds is 7. The van der Waals surface area contributed by atoms with Crippen LogP contribution in [0.4, 0.5) is 0 Å². The van der Waals surface area contributed by atoms with Crippen molar-refractivity contribution in [2.24, 2.45) is 5.73 Å². The summed E-state index contributed by atoms with van der Waals surface area (Å²) in [7, 11) is 1.72. The zero-order valence-electron chi connectivity index (χ0n) is 10.1. The second kappa shape index (κ2) is 7.60. The molecular formula is C11H23N3O2. The molecule has 1 unspecified atom stereocenters. The highest BCUT2D eigenvalue weighted by Crippen LogP contribution is 2.15. The first kappa shape index (κ1) is 13.4. The summed E-state index contributed by atoms with van der Waals surface area (Å²) in [6, 6.07) is 0.469. The van der Waals surface area contributed by atoms with Crippen molar-refractivity contribution in [2.45, 2.75) is 25.3 Å². The highest BCUT2D eigenvalue weighted by atomic mass is 16.5. The van der Waals surface area contributed by atoms with Gasteiger partial charge in [0.05, 0.1) is 6.61 Å². The molecule has 0 aliphatic carbocycles. The van der Waals surface area contributed by atoms with Crippen molar-refractivity contribution in [1.82, 2.24) is 10.2 Å². The second-order valence-corrected chi connectivity index (χ2v) is 4.17. The third kappa shape index (κ3) is 4.47. The first-order valence-corrected chi connectivity index (χ1v) is 5.97. The van der Waals surface area contributed by atoms with Gasteiger partial charge in [-0.25, -0.2) is 0 Å². The van der Waals surface area contributed by atoms with Crippen LogP contribution in [-0.2, 0) is 9.53 Å². The smallest absolute Gasteiger partial charge is 0.221 e. The number of nitrogens with one attached hydrogen (secondary N) is 1. The van der Waals surface area contributed by atoms with Crippen molar-refractivity contribution in [1.29, 1.82) is 0 Å². The number of carbonyl (C=O) groups excluding carboxylic acids is 1. The van der Waals surface area contributed by atoms with Gasteiger partial charge < -0.3 is 15.8 Å². The molecule has 0 saturated carbocycles. The van der Waals surface area contributed by atoms with E-state index < -0.39 is 0 Å². The van der Waals surface area contributed by atoms with Gasteiger partial charge in [0.2, 0.25) is 5.91 Å². The van der Waals surface area contributed by atoms with Crippen LogP contribution in [0.2, 0.25) is 0 Å². The monoisotopic (exact) mass is 229 g/mol. The maximum atomic E-state index is 11.3. The van der Waals surface area contributed by atoms with Crippen molar-refractivity contribution in [3.8, 4) is 0 Å². The lowest BCUT2D eigenvalue weighted by Crippen LogP contribution is -2.41. The summed E-state index contributed by atoms with van der Waals surface area (Å²) in [6.07, 6.45) is 2.79. The van der Waals surface area contributed by atoms with E-state index in [4.69, 9.17) is 10.5 Å². The van der Waals surface area contributed by atoms with Gasteiger partial charge in [0.25, 0.3) is 0 Å². The topological polar surface area (TPSA) is 67.6 Å². The zero-order valence-corrected chi connectivity index (χ0v) is 10.1. The van der Waals surface area contributed by atoms with Gasteiger partial charge in [0.1, 0.15) is 0 Å². The number of amides is 1. The van der Waals surface area contributed by atoms with Gasteiger partial charge in [-0.2, -0.15) is 0 Å². The number of carbonyl (C=O) groups is 1. The molecule has 1 fully saturated rings. The van der Waals surface area contributed by atoms with Gasteiger partial charge in [0.15, 0.2) is 0 Å². The van der Waals surface area contributed by atoms with E-state index in [2.05, 4.69) is 10.2 Å². The zero-order chi connectivity index (χ0) is 11.8. The van der Waals surface area contributed by atoms with E-state index in [9.17, 15) is 4.79 Å². The molecule has 0 aromatic rings. The lowest BCUT2D eigenvalue weighted by atomic mass is 10.2. The lowest BCUT2D eigenvalue weighted by molar-refractivity contribution is -0.121. The molecule has 1 rings (SSSR count). The Balaban J connectivity index is 2.21.